The summed E-state index contributed by atoms with van der Waals surface area (Å²) >= 11 is 0. The number of esters is 1. The van der Waals surface area contributed by atoms with Crippen LogP contribution in [0.2, 0.25) is 0 Å². The van der Waals surface area contributed by atoms with Crippen LogP contribution in [0.25, 0.3) is 0 Å². The maximum atomic E-state index is 10.9. The van der Waals surface area contributed by atoms with E-state index in [4.69, 9.17) is 0 Å². The van der Waals surface area contributed by atoms with E-state index in [2.05, 4.69) is 11.3 Å². The van der Waals surface area contributed by atoms with Crippen LogP contribution in [0.1, 0.15) is 19.8 Å². The smallest absolute Gasteiger partial charge is 0.335 e. The Balaban J connectivity index is 4.09. The molecule has 1 N–H and O–H groups in total. The molecule has 12 heavy (non-hydrogen) atoms. The first-order valence-electron chi connectivity index (χ1n) is 4.05. The molecule has 3 heteroatoms. The third kappa shape index (κ3) is 3.05. The molecule has 0 fully saturated rings. The summed E-state index contributed by atoms with van der Waals surface area (Å²) in [5.74, 6) is -0.782. The van der Waals surface area contributed by atoms with E-state index >= 15 is 0 Å². The maximum Gasteiger partial charge on any atom is 0.335 e. The molecule has 0 rings (SSSR count). The van der Waals surface area contributed by atoms with Gasteiger partial charge < -0.3 is 9.84 Å². The van der Waals surface area contributed by atoms with Crippen molar-refractivity contribution in [2.75, 3.05) is 7.11 Å². The molecule has 0 aromatic rings. The third-order valence-corrected chi connectivity index (χ3v) is 1.77. The van der Waals surface area contributed by atoms with Gasteiger partial charge in [0.25, 0.3) is 0 Å². The summed E-state index contributed by atoms with van der Waals surface area (Å²) in [4.78, 5) is 10.9. The maximum absolute atomic E-state index is 10.9. The normalized spacial score (nSPS) is 14.9. The molecule has 3 nitrogen and oxygen atoms in total. The number of aliphatic hydroxyl groups excluding tert-OH is 1. The molecule has 2 atom stereocenters. The summed E-state index contributed by atoms with van der Waals surface area (Å²) in [5, 5.41) is 9.36. The SMILES string of the molecule is C=C[C@H](CCC)[C@H](O)C(=O)OC. The molecule has 0 heterocycles. The van der Waals surface area contributed by atoms with Crippen molar-refractivity contribution < 1.29 is 14.6 Å². The quantitative estimate of drug-likeness (QED) is 0.499. The summed E-state index contributed by atoms with van der Waals surface area (Å²) in [6.07, 6.45) is 2.18. The van der Waals surface area contributed by atoms with E-state index in [1.807, 2.05) is 6.92 Å². The fourth-order valence-electron chi connectivity index (χ4n) is 1.03. The molecule has 0 aliphatic carbocycles. The number of methoxy groups -OCH3 is 1. The lowest BCUT2D eigenvalue weighted by Gasteiger charge is -2.16. The molecule has 0 radical (unpaired) electrons. The van der Waals surface area contributed by atoms with Gasteiger partial charge in [-0.3, -0.25) is 0 Å². The zero-order valence-corrected chi connectivity index (χ0v) is 7.62. The lowest BCUT2D eigenvalue weighted by Crippen LogP contribution is -2.29. The molecular formula is C9H16O3. The highest BCUT2D eigenvalue weighted by atomic mass is 16.5. The van der Waals surface area contributed by atoms with Crippen molar-refractivity contribution in [1.29, 1.82) is 0 Å². The number of hydrogen-bond acceptors (Lipinski definition) is 3. The van der Waals surface area contributed by atoms with Crippen molar-refractivity contribution in [2.45, 2.75) is 25.9 Å². The van der Waals surface area contributed by atoms with Gasteiger partial charge in [0, 0.05) is 5.92 Å². The average Bonchev–Trinajstić information content (AvgIpc) is 2.11. The molecule has 0 bridgehead atoms. The molecule has 0 aliphatic heterocycles. The number of carbonyl (C=O) groups is 1. The molecular weight excluding hydrogens is 156 g/mol. The number of aliphatic hydroxyl groups is 1. The standard InChI is InChI=1S/C9H16O3/c1-4-6-7(5-2)8(10)9(11)12-3/h5,7-8,10H,2,4,6H2,1,3H3/t7-,8+/m1/s1. The van der Waals surface area contributed by atoms with Gasteiger partial charge in [0.1, 0.15) is 0 Å². The van der Waals surface area contributed by atoms with Gasteiger partial charge in [0.15, 0.2) is 6.10 Å². The molecule has 0 spiro atoms. The van der Waals surface area contributed by atoms with Crippen LogP contribution >= 0.6 is 0 Å². The van der Waals surface area contributed by atoms with Gasteiger partial charge >= 0.3 is 5.97 Å². The Morgan fingerprint density at radius 2 is 2.33 bits per heavy atom. The van der Waals surface area contributed by atoms with E-state index in [0.29, 0.717) is 0 Å². The van der Waals surface area contributed by atoms with Crippen LogP contribution in [0.3, 0.4) is 0 Å². The Morgan fingerprint density at radius 3 is 2.67 bits per heavy atom. The van der Waals surface area contributed by atoms with E-state index < -0.39 is 12.1 Å². The monoisotopic (exact) mass is 172 g/mol. The van der Waals surface area contributed by atoms with Crippen molar-refractivity contribution in [2.24, 2.45) is 5.92 Å². The highest BCUT2D eigenvalue weighted by Gasteiger charge is 2.23. The Labute approximate surface area is 73.0 Å². The van der Waals surface area contributed by atoms with Crippen LogP contribution in [0.15, 0.2) is 12.7 Å². The van der Waals surface area contributed by atoms with Crippen LogP contribution in [-0.4, -0.2) is 24.3 Å². The van der Waals surface area contributed by atoms with Crippen LogP contribution < -0.4 is 0 Å². The van der Waals surface area contributed by atoms with Gasteiger partial charge in [-0.05, 0) is 6.42 Å². The molecule has 0 amide bonds. The van der Waals surface area contributed by atoms with Gasteiger partial charge in [-0.1, -0.05) is 19.4 Å². The molecule has 0 unspecified atom stereocenters. The molecule has 0 aromatic heterocycles. The fourth-order valence-corrected chi connectivity index (χ4v) is 1.03. The fraction of sp³-hybridized carbons (Fsp3) is 0.667. The van der Waals surface area contributed by atoms with Crippen molar-refractivity contribution in [3.8, 4) is 0 Å². The highest BCUT2D eigenvalue weighted by molar-refractivity contribution is 5.74. The molecule has 0 aliphatic rings. The number of hydrogen-bond donors (Lipinski definition) is 1. The van der Waals surface area contributed by atoms with Crippen molar-refractivity contribution in [3.05, 3.63) is 12.7 Å². The van der Waals surface area contributed by atoms with E-state index in [1.165, 1.54) is 7.11 Å². The van der Waals surface area contributed by atoms with Crippen molar-refractivity contribution >= 4 is 5.97 Å². The summed E-state index contributed by atoms with van der Waals surface area (Å²) in [6.45, 7) is 5.54. The minimum atomic E-state index is -1.06. The Morgan fingerprint density at radius 1 is 1.75 bits per heavy atom. The lowest BCUT2D eigenvalue weighted by atomic mass is 9.97. The third-order valence-electron chi connectivity index (χ3n) is 1.77. The summed E-state index contributed by atoms with van der Waals surface area (Å²) < 4.78 is 4.40. The number of rotatable bonds is 5. The number of ether oxygens (including phenoxy) is 1. The minimum Gasteiger partial charge on any atom is -0.467 e. The van der Waals surface area contributed by atoms with Crippen LogP contribution in [0, 0.1) is 5.92 Å². The first kappa shape index (κ1) is 11.2. The van der Waals surface area contributed by atoms with Gasteiger partial charge in [-0.2, -0.15) is 0 Å². The zero-order chi connectivity index (χ0) is 9.56. The largest absolute Gasteiger partial charge is 0.467 e. The molecule has 0 saturated carbocycles. The van der Waals surface area contributed by atoms with Gasteiger partial charge in [0.2, 0.25) is 0 Å². The van der Waals surface area contributed by atoms with Crippen LogP contribution in [0.5, 0.6) is 0 Å². The van der Waals surface area contributed by atoms with Gasteiger partial charge in [0.05, 0.1) is 7.11 Å². The summed E-state index contributed by atoms with van der Waals surface area (Å²) in [7, 11) is 1.26. The highest BCUT2D eigenvalue weighted by Crippen LogP contribution is 2.13. The van der Waals surface area contributed by atoms with Crippen LogP contribution in [0.4, 0.5) is 0 Å². The second-order valence-corrected chi connectivity index (χ2v) is 2.66. The van der Waals surface area contributed by atoms with Crippen LogP contribution in [-0.2, 0) is 9.53 Å². The Hall–Kier alpha value is -0.830. The number of carbonyl (C=O) groups excluding carboxylic acids is 1. The zero-order valence-electron chi connectivity index (χ0n) is 7.62. The van der Waals surface area contributed by atoms with E-state index in [1.54, 1.807) is 6.08 Å². The van der Waals surface area contributed by atoms with Crippen molar-refractivity contribution in [3.63, 3.8) is 0 Å². The second kappa shape index (κ2) is 5.77. The Bertz CT molecular complexity index is 154. The predicted molar refractivity (Wildman–Crippen MR) is 46.6 cm³/mol. The molecule has 0 saturated heterocycles. The van der Waals surface area contributed by atoms with E-state index in [-0.39, 0.29) is 5.92 Å². The van der Waals surface area contributed by atoms with E-state index in [9.17, 15) is 9.90 Å². The minimum absolute atomic E-state index is 0.192. The summed E-state index contributed by atoms with van der Waals surface area (Å²) in [6, 6.07) is 0. The lowest BCUT2D eigenvalue weighted by molar-refractivity contribution is -0.152. The van der Waals surface area contributed by atoms with Gasteiger partial charge in [-0.25, -0.2) is 4.79 Å². The molecule has 0 aromatic carbocycles. The molecule has 70 valence electrons. The van der Waals surface area contributed by atoms with Crippen molar-refractivity contribution in [1.82, 2.24) is 0 Å². The Kier molecular flexibility index (Phi) is 5.37. The summed E-state index contributed by atoms with van der Waals surface area (Å²) in [5.41, 5.74) is 0. The van der Waals surface area contributed by atoms with E-state index in [0.717, 1.165) is 12.8 Å². The topological polar surface area (TPSA) is 46.5 Å². The average molecular weight is 172 g/mol. The van der Waals surface area contributed by atoms with Gasteiger partial charge in [-0.15, -0.1) is 6.58 Å². The first-order valence-corrected chi connectivity index (χ1v) is 4.05. The predicted octanol–water partition coefficient (Wildman–Crippen LogP) is 1.12. The first-order chi connectivity index (χ1) is 5.67. The second-order valence-electron chi connectivity index (χ2n) is 2.66.